The minimum Gasteiger partial charge on any atom is -0.396 e. The summed E-state index contributed by atoms with van der Waals surface area (Å²) in [5.41, 5.74) is 8.00. The molecule has 0 amide bonds. The van der Waals surface area contributed by atoms with E-state index in [1.54, 1.807) is 0 Å². The molecular formula is C14H21N3. The number of pyridine rings is 1. The number of aryl methyl sites for hydroxylation is 1. The van der Waals surface area contributed by atoms with Gasteiger partial charge in [-0.05, 0) is 50.7 Å². The highest BCUT2D eigenvalue weighted by Gasteiger charge is 2.36. The number of anilines is 2. The van der Waals surface area contributed by atoms with Gasteiger partial charge in [-0.25, -0.2) is 4.98 Å². The molecule has 3 heteroatoms. The van der Waals surface area contributed by atoms with Gasteiger partial charge in [0, 0.05) is 18.3 Å². The van der Waals surface area contributed by atoms with Gasteiger partial charge in [-0.2, -0.15) is 0 Å². The molecule has 1 aliphatic heterocycles. The molecule has 2 fully saturated rings. The Balaban J connectivity index is 1.94. The highest BCUT2D eigenvalue weighted by atomic mass is 15.2. The van der Waals surface area contributed by atoms with Crippen molar-refractivity contribution in [3.05, 3.63) is 17.8 Å². The lowest BCUT2D eigenvalue weighted by molar-refractivity contribution is 0.361. The number of aromatic nitrogens is 1. The molecule has 2 atom stereocenters. The lowest BCUT2D eigenvalue weighted by atomic mass is 9.92. The van der Waals surface area contributed by atoms with Crippen LogP contribution in [0.15, 0.2) is 12.1 Å². The first-order chi connectivity index (χ1) is 8.25. The van der Waals surface area contributed by atoms with Crippen LogP contribution in [0.5, 0.6) is 0 Å². The summed E-state index contributed by atoms with van der Waals surface area (Å²) in [5, 5.41) is 0. The van der Waals surface area contributed by atoms with Gasteiger partial charge in [-0.3, -0.25) is 0 Å². The highest BCUT2D eigenvalue weighted by molar-refractivity contribution is 5.63. The molecule has 2 aliphatic rings. The zero-order valence-electron chi connectivity index (χ0n) is 10.5. The first-order valence-electron chi connectivity index (χ1n) is 6.75. The summed E-state index contributed by atoms with van der Waals surface area (Å²) >= 11 is 0. The minimum atomic E-state index is 0.695. The van der Waals surface area contributed by atoms with Crippen molar-refractivity contribution in [1.82, 2.24) is 4.98 Å². The lowest BCUT2D eigenvalue weighted by Crippen LogP contribution is -2.43. The zero-order valence-corrected chi connectivity index (χ0v) is 10.5. The van der Waals surface area contributed by atoms with Crippen LogP contribution in [0, 0.1) is 12.8 Å². The fraction of sp³-hybridized carbons (Fsp3) is 0.643. The molecule has 1 aliphatic carbocycles. The average Bonchev–Trinajstić information content (AvgIpc) is 2.80. The standard InChI is InChI=1S/C14H21N3/c1-10-7-8-12(15)14(16-10)17-9-3-5-11-4-2-6-13(11)17/h7-8,11,13H,2-6,9,15H2,1H3. The monoisotopic (exact) mass is 231 g/mol. The van der Waals surface area contributed by atoms with Gasteiger partial charge >= 0.3 is 0 Å². The molecular weight excluding hydrogens is 210 g/mol. The Hall–Kier alpha value is -1.25. The topological polar surface area (TPSA) is 42.1 Å². The Labute approximate surface area is 103 Å². The zero-order chi connectivity index (χ0) is 11.8. The molecule has 3 nitrogen and oxygen atoms in total. The third-order valence-corrected chi connectivity index (χ3v) is 4.31. The van der Waals surface area contributed by atoms with Crippen LogP contribution >= 0.6 is 0 Å². The van der Waals surface area contributed by atoms with Crippen LogP contribution < -0.4 is 10.6 Å². The summed E-state index contributed by atoms with van der Waals surface area (Å²) in [6, 6.07) is 4.69. The van der Waals surface area contributed by atoms with Crippen molar-refractivity contribution in [3.63, 3.8) is 0 Å². The quantitative estimate of drug-likeness (QED) is 0.808. The second-order valence-corrected chi connectivity index (χ2v) is 5.46. The Morgan fingerprint density at radius 2 is 2.06 bits per heavy atom. The largest absolute Gasteiger partial charge is 0.396 e. The molecule has 0 spiro atoms. The second kappa shape index (κ2) is 4.21. The Bertz CT molecular complexity index is 416. The molecule has 3 rings (SSSR count). The van der Waals surface area contributed by atoms with Gasteiger partial charge in [0.1, 0.15) is 0 Å². The van der Waals surface area contributed by atoms with Gasteiger partial charge < -0.3 is 10.6 Å². The molecule has 1 aromatic heterocycles. The predicted octanol–water partition coefficient (Wildman–Crippen LogP) is 2.74. The summed E-state index contributed by atoms with van der Waals surface area (Å²) < 4.78 is 0. The number of fused-ring (bicyclic) bond motifs is 1. The van der Waals surface area contributed by atoms with E-state index in [0.717, 1.165) is 29.7 Å². The molecule has 92 valence electrons. The van der Waals surface area contributed by atoms with Crippen LogP contribution in [-0.4, -0.2) is 17.6 Å². The van der Waals surface area contributed by atoms with Gasteiger partial charge in [0.15, 0.2) is 5.82 Å². The van der Waals surface area contributed by atoms with Crippen molar-refractivity contribution in [2.24, 2.45) is 5.92 Å². The van der Waals surface area contributed by atoms with Crippen molar-refractivity contribution in [2.75, 3.05) is 17.2 Å². The van der Waals surface area contributed by atoms with E-state index < -0.39 is 0 Å². The van der Waals surface area contributed by atoms with Gasteiger partial charge in [0.2, 0.25) is 0 Å². The summed E-state index contributed by atoms with van der Waals surface area (Å²) in [7, 11) is 0. The van der Waals surface area contributed by atoms with Crippen LogP contribution in [0.1, 0.15) is 37.8 Å². The maximum absolute atomic E-state index is 6.10. The smallest absolute Gasteiger partial charge is 0.152 e. The molecule has 0 bridgehead atoms. The number of nitrogen functional groups attached to an aromatic ring is 1. The lowest BCUT2D eigenvalue weighted by Gasteiger charge is -2.39. The third-order valence-electron chi connectivity index (χ3n) is 4.31. The van der Waals surface area contributed by atoms with Crippen molar-refractivity contribution < 1.29 is 0 Å². The molecule has 2 N–H and O–H groups in total. The predicted molar refractivity (Wildman–Crippen MR) is 71.1 cm³/mol. The van der Waals surface area contributed by atoms with Crippen LogP contribution in [0.2, 0.25) is 0 Å². The van der Waals surface area contributed by atoms with E-state index >= 15 is 0 Å². The molecule has 1 aromatic rings. The van der Waals surface area contributed by atoms with E-state index in [2.05, 4.69) is 9.88 Å². The summed E-state index contributed by atoms with van der Waals surface area (Å²) in [4.78, 5) is 7.13. The number of hydrogen-bond donors (Lipinski definition) is 1. The first-order valence-corrected chi connectivity index (χ1v) is 6.75. The Kier molecular flexibility index (Phi) is 2.69. The van der Waals surface area contributed by atoms with Crippen molar-refractivity contribution in [2.45, 2.75) is 45.1 Å². The van der Waals surface area contributed by atoms with Gasteiger partial charge in [-0.1, -0.05) is 6.42 Å². The van der Waals surface area contributed by atoms with E-state index in [0.29, 0.717) is 6.04 Å². The van der Waals surface area contributed by atoms with Gasteiger partial charge in [0.05, 0.1) is 5.69 Å². The van der Waals surface area contributed by atoms with E-state index in [4.69, 9.17) is 5.73 Å². The average molecular weight is 231 g/mol. The maximum atomic E-state index is 6.10. The molecule has 1 saturated carbocycles. The Morgan fingerprint density at radius 3 is 2.94 bits per heavy atom. The summed E-state index contributed by atoms with van der Waals surface area (Å²) in [6.45, 7) is 3.17. The highest BCUT2D eigenvalue weighted by Crippen LogP contribution is 2.39. The SMILES string of the molecule is Cc1ccc(N)c(N2CCCC3CCCC32)n1. The van der Waals surface area contributed by atoms with Gasteiger partial charge in [-0.15, -0.1) is 0 Å². The summed E-state index contributed by atoms with van der Waals surface area (Å²) in [6.07, 6.45) is 6.77. The number of hydrogen-bond acceptors (Lipinski definition) is 3. The Morgan fingerprint density at radius 1 is 1.24 bits per heavy atom. The van der Waals surface area contributed by atoms with Crippen LogP contribution in [-0.2, 0) is 0 Å². The van der Waals surface area contributed by atoms with Crippen LogP contribution in [0.25, 0.3) is 0 Å². The number of rotatable bonds is 1. The first kappa shape index (κ1) is 10.9. The maximum Gasteiger partial charge on any atom is 0.152 e. The van der Waals surface area contributed by atoms with Crippen molar-refractivity contribution in [1.29, 1.82) is 0 Å². The molecule has 2 unspecified atom stereocenters. The molecule has 17 heavy (non-hydrogen) atoms. The van der Waals surface area contributed by atoms with Crippen LogP contribution in [0.3, 0.4) is 0 Å². The van der Waals surface area contributed by atoms with E-state index in [1.807, 2.05) is 19.1 Å². The van der Waals surface area contributed by atoms with Crippen LogP contribution in [0.4, 0.5) is 11.5 Å². The molecule has 0 radical (unpaired) electrons. The minimum absolute atomic E-state index is 0.695. The molecule has 2 heterocycles. The normalized spacial score (nSPS) is 28.2. The third kappa shape index (κ3) is 1.88. The van der Waals surface area contributed by atoms with Crippen molar-refractivity contribution >= 4 is 11.5 Å². The van der Waals surface area contributed by atoms with E-state index in [-0.39, 0.29) is 0 Å². The second-order valence-electron chi connectivity index (χ2n) is 5.46. The number of nitrogens with two attached hydrogens (primary N) is 1. The summed E-state index contributed by atoms with van der Waals surface area (Å²) in [5.74, 6) is 1.91. The van der Waals surface area contributed by atoms with E-state index in [9.17, 15) is 0 Å². The fourth-order valence-electron chi connectivity index (χ4n) is 3.50. The van der Waals surface area contributed by atoms with Crippen molar-refractivity contribution in [3.8, 4) is 0 Å². The molecule has 0 aromatic carbocycles. The fourth-order valence-corrected chi connectivity index (χ4v) is 3.50. The molecule has 1 saturated heterocycles. The number of nitrogens with zero attached hydrogens (tertiary/aromatic N) is 2. The van der Waals surface area contributed by atoms with E-state index in [1.165, 1.54) is 32.1 Å². The van der Waals surface area contributed by atoms with Gasteiger partial charge in [0.25, 0.3) is 0 Å². The number of piperidine rings is 1.